The Balaban J connectivity index is 1.82. The summed E-state index contributed by atoms with van der Waals surface area (Å²) >= 11 is 0. The highest BCUT2D eigenvalue weighted by molar-refractivity contribution is 6.04. The minimum absolute atomic E-state index is 0.00568. The Morgan fingerprint density at radius 1 is 1.19 bits per heavy atom. The van der Waals surface area contributed by atoms with Crippen LogP contribution in [0, 0.1) is 10.1 Å². The molecule has 0 N–H and O–H groups in total. The minimum Gasteiger partial charge on any atom is -0.497 e. The Morgan fingerprint density at radius 3 is 2.70 bits per heavy atom. The maximum absolute atomic E-state index is 12.2. The molecular formula is C18H16N2O7. The van der Waals surface area contributed by atoms with Crippen molar-refractivity contribution in [3.05, 3.63) is 57.6 Å². The van der Waals surface area contributed by atoms with Crippen molar-refractivity contribution in [3.63, 3.8) is 0 Å². The Hall–Kier alpha value is -3.62. The largest absolute Gasteiger partial charge is 0.497 e. The fourth-order valence-electron chi connectivity index (χ4n) is 2.58. The van der Waals surface area contributed by atoms with E-state index in [1.807, 2.05) is 0 Å². The lowest BCUT2D eigenvalue weighted by molar-refractivity contribution is -0.385. The van der Waals surface area contributed by atoms with Gasteiger partial charge in [0.1, 0.15) is 11.5 Å². The van der Waals surface area contributed by atoms with Gasteiger partial charge in [0, 0.05) is 24.1 Å². The number of rotatable bonds is 5. The van der Waals surface area contributed by atoms with Crippen molar-refractivity contribution < 1.29 is 28.8 Å². The number of carbonyl (C=O) groups excluding carboxylic acids is 1. The number of oxime groups is 1. The van der Waals surface area contributed by atoms with E-state index in [9.17, 15) is 14.9 Å². The molecule has 1 aliphatic rings. The van der Waals surface area contributed by atoms with Gasteiger partial charge in [0.25, 0.3) is 0 Å². The molecule has 2 aromatic carbocycles. The second kappa shape index (κ2) is 7.73. The summed E-state index contributed by atoms with van der Waals surface area (Å²) in [5, 5.41) is 15.0. The van der Waals surface area contributed by atoms with Crippen molar-refractivity contribution in [1.29, 1.82) is 0 Å². The summed E-state index contributed by atoms with van der Waals surface area (Å²) in [6.45, 7) is 0.380. The topological polar surface area (TPSA) is 109 Å². The molecule has 0 fully saturated rings. The van der Waals surface area contributed by atoms with Crippen molar-refractivity contribution in [2.75, 3.05) is 20.8 Å². The molecule has 140 valence electrons. The van der Waals surface area contributed by atoms with Gasteiger partial charge < -0.3 is 19.0 Å². The van der Waals surface area contributed by atoms with Gasteiger partial charge in [-0.25, -0.2) is 4.79 Å². The van der Waals surface area contributed by atoms with Gasteiger partial charge in [-0.2, -0.15) is 0 Å². The molecule has 1 aliphatic heterocycles. The summed E-state index contributed by atoms with van der Waals surface area (Å²) in [5.41, 5.74) is 0.891. The van der Waals surface area contributed by atoms with Crippen LogP contribution in [0.2, 0.25) is 0 Å². The van der Waals surface area contributed by atoms with Crippen molar-refractivity contribution in [3.8, 4) is 17.2 Å². The molecule has 1 heterocycles. The quantitative estimate of drug-likeness (QED) is 0.451. The predicted molar refractivity (Wildman–Crippen MR) is 94.7 cm³/mol. The van der Waals surface area contributed by atoms with Crippen LogP contribution in [0.25, 0.3) is 0 Å². The zero-order valence-corrected chi connectivity index (χ0v) is 14.6. The molecule has 0 unspecified atom stereocenters. The van der Waals surface area contributed by atoms with Gasteiger partial charge in [-0.05, 0) is 24.3 Å². The van der Waals surface area contributed by atoms with Gasteiger partial charge in [-0.1, -0.05) is 5.16 Å². The highest BCUT2D eigenvalue weighted by Crippen LogP contribution is 2.30. The normalized spacial score (nSPS) is 14.1. The van der Waals surface area contributed by atoms with Gasteiger partial charge in [0.05, 0.1) is 37.0 Å². The van der Waals surface area contributed by atoms with Gasteiger partial charge in [0.15, 0.2) is 5.75 Å². The average Bonchev–Trinajstić information content (AvgIpc) is 2.70. The molecule has 3 rings (SSSR count). The van der Waals surface area contributed by atoms with E-state index in [-0.39, 0.29) is 17.0 Å². The van der Waals surface area contributed by atoms with Gasteiger partial charge >= 0.3 is 11.7 Å². The summed E-state index contributed by atoms with van der Waals surface area (Å²) < 4.78 is 15.6. The molecule has 0 aliphatic carbocycles. The highest BCUT2D eigenvalue weighted by Gasteiger charge is 2.21. The average molecular weight is 372 g/mol. The van der Waals surface area contributed by atoms with E-state index in [0.29, 0.717) is 35.8 Å². The van der Waals surface area contributed by atoms with Gasteiger partial charge in [-0.15, -0.1) is 0 Å². The number of nitro groups is 1. The van der Waals surface area contributed by atoms with E-state index in [2.05, 4.69) is 5.16 Å². The van der Waals surface area contributed by atoms with Crippen LogP contribution in [0.4, 0.5) is 5.69 Å². The third kappa shape index (κ3) is 3.81. The second-order valence-electron chi connectivity index (χ2n) is 5.52. The second-order valence-corrected chi connectivity index (χ2v) is 5.52. The molecule has 0 radical (unpaired) electrons. The Labute approximate surface area is 154 Å². The van der Waals surface area contributed by atoms with Gasteiger partial charge in [-0.3, -0.25) is 10.1 Å². The van der Waals surface area contributed by atoms with Crippen molar-refractivity contribution in [1.82, 2.24) is 0 Å². The maximum Gasteiger partial charge on any atom is 0.365 e. The SMILES string of the molecule is COc1ccc2c(c1)OCC/C2=N\OC(=O)c1ccc(OC)c([N+](=O)[O-])c1. The number of ether oxygens (including phenoxy) is 3. The van der Waals surface area contributed by atoms with E-state index in [0.717, 1.165) is 6.07 Å². The molecule has 2 aromatic rings. The molecule has 0 spiro atoms. The Bertz CT molecular complexity index is 924. The lowest BCUT2D eigenvalue weighted by Crippen LogP contribution is -2.17. The molecular weight excluding hydrogens is 356 g/mol. The number of nitro benzene ring substituents is 1. The van der Waals surface area contributed by atoms with Crippen LogP contribution in [-0.2, 0) is 4.84 Å². The smallest absolute Gasteiger partial charge is 0.365 e. The van der Waals surface area contributed by atoms with E-state index >= 15 is 0 Å². The first-order valence-electron chi connectivity index (χ1n) is 7.95. The third-order valence-corrected chi connectivity index (χ3v) is 3.95. The summed E-state index contributed by atoms with van der Waals surface area (Å²) in [6, 6.07) is 9.02. The van der Waals surface area contributed by atoms with Crippen LogP contribution >= 0.6 is 0 Å². The first kappa shape index (κ1) is 18.2. The van der Waals surface area contributed by atoms with E-state index < -0.39 is 10.9 Å². The summed E-state index contributed by atoms with van der Waals surface area (Å²) in [5.74, 6) is 0.456. The molecule has 0 bridgehead atoms. The molecule has 0 saturated carbocycles. The molecule has 0 saturated heterocycles. The molecule has 0 amide bonds. The fraction of sp³-hybridized carbons (Fsp3) is 0.222. The standard InChI is InChI=1S/C18H16N2O7/c1-24-12-4-5-13-14(7-8-26-17(13)10-12)19-27-18(21)11-3-6-16(25-2)15(9-11)20(22)23/h3-6,9-10H,7-8H2,1-2H3/b19-14+. The maximum atomic E-state index is 12.2. The van der Waals surface area contributed by atoms with Crippen LogP contribution < -0.4 is 14.2 Å². The van der Waals surface area contributed by atoms with Crippen molar-refractivity contribution in [2.45, 2.75) is 6.42 Å². The van der Waals surface area contributed by atoms with Crippen LogP contribution in [0.3, 0.4) is 0 Å². The van der Waals surface area contributed by atoms with Crippen LogP contribution in [-0.4, -0.2) is 37.4 Å². The van der Waals surface area contributed by atoms with Crippen molar-refractivity contribution >= 4 is 17.4 Å². The zero-order valence-electron chi connectivity index (χ0n) is 14.6. The lowest BCUT2D eigenvalue weighted by atomic mass is 10.0. The Morgan fingerprint density at radius 2 is 2.00 bits per heavy atom. The number of hydrogen-bond donors (Lipinski definition) is 0. The third-order valence-electron chi connectivity index (χ3n) is 3.95. The summed E-state index contributed by atoms with van der Waals surface area (Å²) in [4.78, 5) is 27.7. The first-order chi connectivity index (χ1) is 13.0. The summed E-state index contributed by atoms with van der Waals surface area (Å²) in [6.07, 6.45) is 0.454. The van der Waals surface area contributed by atoms with Gasteiger partial charge in [0.2, 0.25) is 0 Å². The first-order valence-corrected chi connectivity index (χ1v) is 7.95. The molecule has 9 nitrogen and oxygen atoms in total. The lowest BCUT2D eigenvalue weighted by Gasteiger charge is -2.19. The number of fused-ring (bicyclic) bond motifs is 1. The van der Waals surface area contributed by atoms with E-state index in [1.54, 1.807) is 25.3 Å². The Kier molecular flexibility index (Phi) is 5.20. The monoisotopic (exact) mass is 372 g/mol. The number of nitrogens with zero attached hydrogens (tertiary/aromatic N) is 2. The highest BCUT2D eigenvalue weighted by atomic mass is 16.7. The van der Waals surface area contributed by atoms with Crippen LogP contribution in [0.15, 0.2) is 41.6 Å². The van der Waals surface area contributed by atoms with Crippen LogP contribution in [0.1, 0.15) is 22.3 Å². The zero-order chi connectivity index (χ0) is 19.4. The van der Waals surface area contributed by atoms with Crippen LogP contribution in [0.5, 0.6) is 17.2 Å². The molecule has 9 heteroatoms. The predicted octanol–water partition coefficient (Wildman–Crippen LogP) is 2.96. The number of hydrogen-bond acceptors (Lipinski definition) is 8. The van der Waals surface area contributed by atoms with Crippen molar-refractivity contribution in [2.24, 2.45) is 5.16 Å². The van der Waals surface area contributed by atoms with E-state index in [1.165, 1.54) is 19.2 Å². The summed E-state index contributed by atoms with van der Waals surface area (Å²) in [7, 11) is 2.86. The molecule has 0 aromatic heterocycles. The number of methoxy groups -OCH3 is 2. The number of carbonyl (C=O) groups is 1. The number of benzene rings is 2. The molecule has 27 heavy (non-hydrogen) atoms. The molecule has 0 atom stereocenters. The minimum atomic E-state index is -0.810. The fourth-order valence-corrected chi connectivity index (χ4v) is 2.58. The van der Waals surface area contributed by atoms with E-state index in [4.69, 9.17) is 19.0 Å².